The van der Waals surface area contributed by atoms with Crippen molar-refractivity contribution in [1.29, 1.82) is 0 Å². The van der Waals surface area contributed by atoms with Gasteiger partial charge in [-0.1, -0.05) is 36.4 Å². The van der Waals surface area contributed by atoms with Crippen LogP contribution >= 0.6 is 0 Å². The van der Waals surface area contributed by atoms with Crippen molar-refractivity contribution in [2.24, 2.45) is 0 Å². The minimum absolute atomic E-state index is 0.0860. The zero-order valence-electron chi connectivity index (χ0n) is 30.8. The van der Waals surface area contributed by atoms with Crippen LogP contribution in [0, 0.1) is 0 Å². The number of hydrogen-bond donors (Lipinski definition) is 0. The number of carbonyl (C=O) groups is 1. The quantitative estimate of drug-likeness (QED) is 0.132. The van der Waals surface area contributed by atoms with Gasteiger partial charge in [0.15, 0.2) is 34.5 Å². The molecule has 0 saturated heterocycles. The number of benzene rings is 5. The lowest BCUT2D eigenvalue weighted by molar-refractivity contribution is 0.0724. The number of likely N-dealkylation sites (N-methyl/N-ethyl adjacent to an activating group) is 2. The smallest absolute Gasteiger partial charge is 0.343 e. The second kappa shape index (κ2) is 14.5. The van der Waals surface area contributed by atoms with E-state index in [9.17, 15) is 4.79 Å². The molecule has 0 aliphatic carbocycles. The van der Waals surface area contributed by atoms with Gasteiger partial charge < -0.3 is 28.4 Å². The highest BCUT2D eigenvalue weighted by Crippen LogP contribution is 2.52. The van der Waals surface area contributed by atoms with Gasteiger partial charge in [0.25, 0.3) is 0 Å². The van der Waals surface area contributed by atoms with Crippen molar-refractivity contribution in [3.8, 4) is 46.0 Å². The average Bonchev–Trinajstić information content (AvgIpc) is 3.18. The minimum Gasteiger partial charge on any atom is -0.493 e. The molecule has 5 aromatic carbocycles. The summed E-state index contributed by atoms with van der Waals surface area (Å²) in [6, 6.07) is 29.5. The summed E-state index contributed by atoms with van der Waals surface area (Å²) in [5.74, 6) is 3.75. The number of rotatable bonds is 5. The Kier molecular flexibility index (Phi) is 9.45. The standard InChI is InChI=1S/C44H44N2O7/c1-45-19-17-30-24-37(49-4)39-26-33(30)34(45)21-27-11-14-32(15-12-27)51-38-23-28(13-16-36(38)48-3)22-35-41-31(18-20-46(35)2)25-40(50-5)42(43(41)52-39)53-44(47)29-9-7-6-8-10-29/h6-16,23-26,34-35H,17-22H2,1-5H3/t34-,35-/m0/s1. The fourth-order valence-electron chi connectivity index (χ4n) is 7.90. The Morgan fingerprint density at radius 2 is 1.30 bits per heavy atom. The molecule has 5 aromatic rings. The molecule has 0 N–H and O–H groups in total. The van der Waals surface area contributed by atoms with Crippen LogP contribution in [-0.4, -0.2) is 64.3 Å². The molecule has 9 rings (SSSR count). The maximum atomic E-state index is 13.8. The van der Waals surface area contributed by atoms with Gasteiger partial charge >= 0.3 is 5.97 Å². The largest absolute Gasteiger partial charge is 0.493 e. The van der Waals surface area contributed by atoms with Crippen molar-refractivity contribution in [2.45, 2.75) is 37.8 Å². The van der Waals surface area contributed by atoms with E-state index >= 15 is 0 Å². The van der Waals surface area contributed by atoms with E-state index in [1.54, 1.807) is 33.5 Å². The molecule has 0 unspecified atom stereocenters. The number of nitrogens with zero attached hydrogens (tertiary/aromatic N) is 2. The molecule has 0 fully saturated rings. The summed E-state index contributed by atoms with van der Waals surface area (Å²) in [5.41, 5.74) is 7.03. The third-order valence-electron chi connectivity index (χ3n) is 10.8. The van der Waals surface area contributed by atoms with Crippen LogP contribution in [0.15, 0.2) is 91.0 Å². The molecule has 0 amide bonds. The van der Waals surface area contributed by atoms with Gasteiger partial charge in [0.05, 0.1) is 26.9 Å². The van der Waals surface area contributed by atoms with E-state index in [0.717, 1.165) is 54.8 Å². The van der Waals surface area contributed by atoms with Crippen molar-refractivity contribution in [2.75, 3.05) is 48.5 Å². The molecule has 0 saturated carbocycles. The predicted molar refractivity (Wildman–Crippen MR) is 203 cm³/mol. The molecule has 53 heavy (non-hydrogen) atoms. The first-order valence-corrected chi connectivity index (χ1v) is 18.1. The molecular weight excluding hydrogens is 668 g/mol. The predicted octanol–water partition coefficient (Wildman–Crippen LogP) is 8.37. The molecule has 4 aliphatic heterocycles. The third kappa shape index (κ3) is 6.67. The van der Waals surface area contributed by atoms with Crippen molar-refractivity contribution in [3.05, 3.63) is 130 Å². The molecule has 9 heteroatoms. The highest BCUT2D eigenvalue weighted by molar-refractivity contribution is 5.92. The molecule has 2 atom stereocenters. The molecule has 4 heterocycles. The Morgan fingerprint density at radius 3 is 2.04 bits per heavy atom. The van der Waals surface area contributed by atoms with Crippen LogP contribution in [0.3, 0.4) is 0 Å². The van der Waals surface area contributed by atoms with Gasteiger partial charge in [-0.25, -0.2) is 4.79 Å². The third-order valence-corrected chi connectivity index (χ3v) is 10.8. The first-order chi connectivity index (χ1) is 25.8. The van der Waals surface area contributed by atoms with E-state index < -0.39 is 5.97 Å². The van der Waals surface area contributed by atoms with Gasteiger partial charge in [-0.15, -0.1) is 0 Å². The molecule has 9 nitrogen and oxygen atoms in total. The topological polar surface area (TPSA) is 78.9 Å². The summed E-state index contributed by atoms with van der Waals surface area (Å²) < 4.78 is 37.6. The van der Waals surface area contributed by atoms with E-state index in [4.69, 9.17) is 28.4 Å². The maximum absolute atomic E-state index is 13.8. The Hall–Kier alpha value is -5.51. The molecule has 4 aliphatic rings. The Bertz CT molecular complexity index is 2150. The summed E-state index contributed by atoms with van der Waals surface area (Å²) in [7, 11) is 9.19. The number of esters is 1. The molecular formula is C44H44N2O7. The van der Waals surface area contributed by atoms with Crippen LogP contribution < -0.4 is 28.4 Å². The number of carbonyl (C=O) groups excluding carboxylic acids is 1. The minimum atomic E-state index is -0.509. The Balaban J connectivity index is 1.36. The lowest BCUT2D eigenvalue weighted by atomic mass is 9.87. The van der Waals surface area contributed by atoms with Gasteiger partial charge in [0.1, 0.15) is 5.75 Å². The molecule has 0 spiro atoms. The fourth-order valence-corrected chi connectivity index (χ4v) is 7.90. The average molecular weight is 713 g/mol. The van der Waals surface area contributed by atoms with E-state index in [-0.39, 0.29) is 17.8 Å². The maximum Gasteiger partial charge on any atom is 0.343 e. The monoisotopic (exact) mass is 712 g/mol. The first-order valence-electron chi connectivity index (χ1n) is 18.1. The van der Waals surface area contributed by atoms with Gasteiger partial charge in [0.2, 0.25) is 5.75 Å². The van der Waals surface area contributed by atoms with E-state index in [1.807, 2.05) is 48.5 Å². The van der Waals surface area contributed by atoms with Crippen molar-refractivity contribution in [3.63, 3.8) is 0 Å². The van der Waals surface area contributed by atoms with Gasteiger partial charge in [-0.2, -0.15) is 0 Å². The SMILES string of the molecule is COc1ccc2cc1Oc1ccc(cc1)C[C@H]1c3cc(c(OC)cc3CCN1C)Oc1c(OC(=O)c3ccccc3)c(OC)cc3c1[C@H](C2)N(C)CC3. The van der Waals surface area contributed by atoms with Crippen molar-refractivity contribution < 1.29 is 33.2 Å². The van der Waals surface area contributed by atoms with Gasteiger partial charge in [-0.3, -0.25) is 9.80 Å². The zero-order valence-corrected chi connectivity index (χ0v) is 30.8. The number of hydrogen-bond acceptors (Lipinski definition) is 9. The summed E-state index contributed by atoms with van der Waals surface area (Å²) in [4.78, 5) is 18.5. The second-order valence-corrected chi connectivity index (χ2v) is 14.0. The van der Waals surface area contributed by atoms with Crippen LogP contribution in [0.25, 0.3) is 0 Å². The molecule has 0 aromatic heterocycles. The molecule has 6 bridgehead atoms. The number of fused-ring (bicyclic) bond motifs is 2. The summed E-state index contributed by atoms with van der Waals surface area (Å²) in [6.45, 7) is 1.72. The molecule has 0 radical (unpaired) electrons. The van der Waals surface area contributed by atoms with Crippen LogP contribution in [0.1, 0.15) is 55.8 Å². The highest BCUT2D eigenvalue weighted by Gasteiger charge is 2.35. The summed E-state index contributed by atoms with van der Waals surface area (Å²) in [6.07, 6.45) is 3.04. The summed E-state index contributed by atoms with van der Waals surface area (Å²) in [5, 5.41) is 0. The Labute approximate surface area is 310 Å². The zero-order chi connectivity index (χ0) is 36.6. The second-order valence-electron chi connectivity index (χ2n) is 14.0. The summed E-state index contributed by atoms with van der Waals surface area (Å²) >= 11 is 0. The van der Waals surface area contributed by atoms with Crippen LogP contribution in [0.2, 0.25) is 0 Å². The van der Waals surface area contributed by atoms with Crippen LogP contribution in [-0.2, 0) is 25.7 Å². The van der Waals surface area contributed by atoms with E-state index in [0.29, 0.717) is 46.5 Å². The lowest BCUT2D eigenvalue weighted by Gasteiger charge is -2.37. The number of ether oxygens (including phenoxy) is 6. The van der Waals surface area contributed by atoms with Crippen LogP contribution in [0.4, 0.5) is 0 Å². The first kappa shape index (κ1) is 34.6. The van der Waals surface area contributed by atoms with Gasteiger partial charge in [-0.05, 0) is 122 Å². The van der Waals surface area contributed by atoms with E-state index in [2.05, 4.69) is 54.2 Å². The fraction of sp³-hybridized carbons (Fsp3) is 0.295. The lowest BCUT2D eigenvalue weighted by Crippen LogP contribution is -2.34. The Morgan fingerprint density at radius 1 is 0.660 bits per heavy atom. The van der Waals surface area contributed by atoms with E-state index in [1.165, 1.54) is 16.7 Å². The number of methoxy groups -OCH3 is 3. The normalized spacial score (nSPS) is 18.1. The molecule has 272 valence electrons. The van der Waals surface area contributed by atoms with Crippen LogP contribution in [0.5, 0.6) is 46.0 Å². The van der Waals surface area contributed by atoms with Crippen molar-refractivity contribution in [1.82, 2.24) is 9.80 Å². The van der Waals surface area contributed by atoms with Crippen molar-refractivity contribution >= 4 is 5.97 Å². The van der Waals surface area contributed by atoms with Gasteiger partial charge in [0, 0.05) is 30.7 Å². The highest BCUT2D eigenvalue weighted by atomic mass is 16.6.